The second-order valence-electron chi connectivity index (χ2n) is 6.23. The Morgan fingerprint density at radius 2 is 2.19 bits per heavy atom. The number of hydrogen-bond donors (Lipinski definition) is 2. The molecule has 1 aliphatic heterocycles. The van der Waals surface area contributed by atoms with Crippen molar-refractivity contribution in [3.05, 3.63) is 29.1 Å². The van der Waals surface area contributed by atoms with Crippen LogP contribution in [0, 0.1) is 6.92 Å². The van der Waals surface area contributed by atoms with Crippen LogP contribution in [0.25, 0.3) is 0 Å². The summed E-state index contributed by atoms with van der Waals surface area (Å²) in [6.07, 6.45) is 4.81. The quantitative estimate of drug-likeness (QED) is 0.840. The number of rotatable bonds is 3. The van der Waals surface area contributed by atoms with Crippen LogP contribution in [-0.2, 0) is 5.54 Å². The molecule has 2 heterocycles. The zero-order chi connectivity index (χ0) is 14.8. The minimum Gasteiger partial charge on any atom is -0.348 e. The zero-order valence-electron chi connectivity index (χ0n) is 13.2. The van der Waals surface area contributed by atoms with E-state index in [0.717, 1.165) is 25.2 Å². The molecule has 2 N–H and O–H groups in total. The van der Waals surface area contributed by atoms with Crippen molar-refractivity contribution in [1.29, 1.82) is 0 Å². The second kappa shape index (κ2) is 7.09. The first-order valence-corrected chi connectivity index (χ1v) is 7.11. The topological polar surface area (TPSA) is 59.0 Å². The summed E-state index contributed by atoms with van der Waals surface area (Å²) in [5.41, 5.74) is 2.75. The van der Waals surface area contributed by atoms with Gasteiger partial charge in [-0.15, -0.1) is 12.4 Å². The Morgan fingerprint density at radius 1 is 1.48 bits per heavy atom. The maximum absolute atomic E-state index is 12.2. The largest absolute Gasteiger partial charge is 0.348 e. The number of hydrogen-bond acceptors (Lipinski definition) is 3. The number of carbonyl (C=O) groups is 1. The molecule has 2 rings (SSSR count). The van der Waals surface area contributed by atoms with Crippen molar-refractivity contribution >= 4 is 18.3 Å². The van der Waals surface area contributed by atoms with E-state index in [-0.39, 0.29) is 23.9 Å². The number of halogens is 1. The Kier molecular flexibility index (Phi) is 5.98. The Morgan fingerprint density at radius 3 is 2.71 bits per heavy atom. The molecule has 0 unspecified atom stereocenters. The van der Waals surface area contributed by atoms with Crippen LogP contribution in [0.3, 0.4) is 0 Å². The van der Waals surface area contributed by atoms with Crippen molar-refractivity contribution < 1.29 is 4.79 Å². The number of carbonyl (C=O) groups excluding carboxylic acids is 1. The third-order valence-corrected chi connectivity index (χ3v) is 3.52. The Bertz CT molecular complexity index is 528. The normalized spacial score (nSPS) is 15.1. The molecular formula is C15H25ClN4O. The zero-order valence-corrected chi connectivity index (χ0v) is 14.0. The number of amides is 1. The van der Waals surface area contributed by atoms with Gasteiger partial charge < -0.3 is 10.6 Å². The fraction of sp³-hybridized carbons (Fsp3) is 0.600. The Balaban J connectivity index is 0.00000220. The van der Waals surface area contributed by atoms with E-state index in [1.54, 1.807) is 6.20 Å². The average Bonchev–Trinajstić information content (AvgIpc) is 2.79. The summed E-state index contributed by atoms with van der Waals surface area (Å²) < 4.78 is 1.89. The minimum absolute atomic E-state index is 0. The van der Waals surface area contributed by atoms with Crippen molar-refractivity contribution in [1.82, 2.24) is 20.4 Å². The Hall–Kier alpha value is -1.33. The lowest BCUT2D eigenvalue weighted by Crippen LogP contribution is -2.30. The lowest BCUT2D eigenvalue weighted by molar-refractivity contribution is 0.0955. The molecular weight excluding hydrogens is 288 g/mol. The van der Waals surface area contributed by atoms with Gasteiger partial charge in [0.2, 0.25) is 0 Å². The molecule has 1 aromatic heterocycles. The first-order chi connectivity index (χ1) is 9.39. The van der Waals surface area contributed by atoms with Gasteiger partial charge in [0.25, 0.3) is 5.91 Å². The van der Waals surface area contributed by atoms with E-state index in [1.165, 1.54) is 5.57 Å². The van der Waals surface area contributed by atoms with Crippen LogP contribution in [0.1, 0.15) is 43.2 Å². The summed E-state index contributed by atoms with van der Waals surface area (Å²) in [7, 11) is 0. The summed E-state index contributed by atoms with van der Waals surface area (Å²) in [6, 6.07) is 0. The molecule has 118 valence electrons. The van der Waals surface area contributed by atoms with Gasteiger partial charge in [0, 0.05) is 18.8 Å². The predicted octanol–water partition coefficient (Wildman–Crippen LogP) is 2.02. The monoisotopic (exact) mass is 312 g/mol. The smallest absolute Gasteiger partial charge is 0.255 e. The molecule has 1 aromatic rings. The molecule has 21 heavy (non-hydrogen) atoms. The van der Waals surface area contributed by atoms with Crippen molar-refractivity contribution in [3.8, 4) is 0 Å². The van der Waals surface area contributed by atoms with Crippen molar-refractivity contribution in [2.24, 2.45) is 0 Å². The molecule has 1 aliphatic rings. The molecule has 0 saturated carbocycles. The molecule has 6 heteroatoms. The van der Waals surface area contributed by atoms with Crippen molar-refractivity contribution in [2.45, 2.75) is 39.7 Å². The fourth-order valence-corrected chi connectivity index (χ4v) is 2.43. The lowest BCUT2D eigenvalue weighted by Gasteiger charge is -2.21. The van der Waals surface area contributed by atoms with E-state index in [2.05, 4.69) is 42.6 Å². The van der Waals surface area contributed by atoms with Crippen LogP contribution in [0.5, 0.6) is 0 Å². The summed E-state index contributed by atoms with van der Waals surface area (Å²) in [4.78, 5) is 12.2. The van der Waals surface area contributed by atoms with Crippen LogP contribution in [0.2, 0.25) is 0 Å². The van der Waals surface area contributed by atoms with Crippen molar-refractivity contribution in [3.63, 3.8) is 0 Å². The Labute approximate surface area is 132 Å². The third kappa shape index (κ3) is 4.32. The minimum atomic E-state index is -0.111. The molecule has 5 nitrogen and oxygen atoms in total. The van der Waals surface area contributed by atoms with E-state index in [9.17, 15) is 4.79 Å². The van der Waals surface area contributed by atoms with Gasteiger partial charge in [-0.3, -0.25) is 9.48 Å². The molecule has 0 radical (unpaired) electrons. The standard InChI is InChI=1S/C15H24N4O.ClH/c1-11-13(10-18-19(11)15(2,3)4)14(20)17-9-12-5-7-16-8-6-12;/h5,10,16H,6-9H2,1-4H3,(H,17,20);1H. The van der Waals surface area contributed by atoms with Gasteiger partial charge >= 0.3 is 0 Å². The average molecular weight is 313 g/mol. The van der Waals surface area contributed by atoms with E-state index in [4.69, 9.17) is 0 Å². The highest BCUT2D eigenvalue weighted by atomic mass is 35.5. The molecule has 0 aromatic carbocycles. The number of nitrogens with one attached hydrogen (secondary N) is 2. The highest BCUT2D eigenvalue weighted by molar-refractivity contribution is 5.95. The first-order valence-electron chi connectivity index (χ1n) is 7.11. The van der Waals surface area contributed by atoms with E-state index >= 15 is 0 Å². The fourth-order valence-electron chi connectivity index (χ4n) is 2.43. The molecule has 0 atom stereocenters. The van der Waals surface area contributed by atoms with Gasteiger partial charge in [0.1, 0.15) is 0 Å². The molecule has 0 spiro atoms. The van der Waals surface area contributed by atoms with Gasteiger partial charge in [0.05, 0.1) is 17.3 Å². The maximum Gasteiger partial charge on any atom is 0.255 e. The number of aromatic nitrogens is 2. The van der Waals surface area contributed by atoms with Crippen LogP contribution in [0.4, 0.5) is 0 Å². The van der Waals surface area contributed by atoms with E-state index < -0.39 is 0 Å². The van der Waals surface area contributed by atoms with Gasteiger partial charge in [-0.25, -0.2) is 0 Å². The molecule has 1 amide bonds. The molecule has 0 fully saturated rings. The van der Waals surface area contributed by atoms with Crippen LogP contribution in [0.15, 0.2) is 17.8 Å². The third-order valence-electron chi connectivity index (χ3n) is 3.52. The number of nitrogens with zero attached hydrogens (tertiary/aromatic N) is 2. The molecule has 0 saturated heterocycles. The molecule has 0 aliphatic carbocycles. The van der Waals surface area contributed by atoms with Gasteiger partial charge in [-0.1, -0.05) is 11.6 Å². The lowest BCUT2D eigenvalue weighted by atomic mass is 10.1. The second-order valence-corrected chi connectivity index (χ2v) is 6.23. The van der Waals surface area contributed by atoms with Gasteiger partial charge in [-0.05, 0) is 40.7 Å². The SMILES string of the molecule is Cc1c(C(=O)NCC2=CCNCC2)cnn1C(C)(C)C.Cl. The summed E-state index contributed by atoms with van der Waals surface area (Å²) >= 11 is 0. The first kappa shape index (κ1) is 17.7. The van der Waals surface area contributed by atoms with E-state index in [1.807, 2.05) is 11.6 Å². The summed E-state index contributed by atoms with van der Waals surface area (Å²) in [5, 5.41) is 10.6. The van der Waals surface area contributed by atoms with Crippen LogP contribution >= 0.6 is 12.4 Å². The maximum atomic E-state index is 12.2. The predicted molar refractivity (Wildman–Crippen MR) is 87.1 cm³/mol. The van der Waals surface area contributed by atoms with Gasteiger partial charge in [-0.2, -0.15) is 5.10 Å². The summed E-state index contributed by atoms with van der Waals surface area (Å²) in [5.74, 6) is -0.0440. The van der Waals surface area contributed by atoms with Crippen molar-refractivity contribution in [2.75, 3.05) is 19.6 Å². The van der Waals surface area contributed by atoms with Gasteiger partial charge in [0.15, 0.2) is 0 Å². The van der Waals surface area contributed by atoms with Crippen LogP contribution in [-0.4, -0.2) is 35.3 Å². The van der Waals surface area contributed by atoms with E-state index in [0.29, 0.717) is 12.1 Å². The molecule has 0 bridgehead atoms. The summed E-state index contributed by atoms with van der Waals surface area (Å²) in [6.45, 7) is 10.7. The highest BCUT2D eigenvalue weighted by Gasteiger charge is 2.21. The highest BCUT2D eigenvalue weighted by Crippen LogP contribution is 2.18. The van der Waals surface area contributed by atoms with Crippen LogP contribution < -0.4 is 10.6 Å².